The SMILES string of the molecule is Cc1ccc(C(O)(c2ccccc2)c2ccccc2)cc1O. The van der Waals surface area contributed by atoms with Gasteiger partial charge >= 0.3 is 0 Å². The number of phenols is 1. The molecule has 0 saturated heterocycles. The first-order chi connectivity index (χ1) is 10.6. The minimum absolute atomic E-state index is 0.183. The van der Waals surface area contributed by atoms with E-state index in [1.807, 2.05) is 79.7 Å². The highest BCUT2D eigenvalue weighted by Gasteiger charge is 2.33. The second-order valence-corrected chi connectivity index (χ2v) is 5.44. The Hall–Kier alpha value is -2.58. The number of hydrogen-bond donors (Lipinski definition) is 2. The van der Waals surface area contributed by atoms with E-state index in [0.29, 0.717) is 5.56 Å². The number of phenolic OH excluding ortho intramolecular Hbond substituents is 1. The standard InChI is InChI=1S/C20H18O2/c1-15-12-13-18(14-19(15)21)20(22,16-8-4-2-5-9-16)17-10-6-3-7-11-17/h2-14,21-22H,1H3. The van der Waals surface area contributed by atoms with E-state index in [0.717, 1.165) is 16.7 Å². The molecule has 110 valence electrons. The maximum absolute atomic E-state index is 11.5. The van der Waals surface area contributed by atoms with Crippen LogP contribution in [0.5, 0.6) is 5.75 Å². The minimum Gasteiger partial charge on any atom is -0.508 e. The maximum Gasteiger partial charge on any atom is 0.140 e. The van der Waals surface area contributed by atoms with Gasteiger partial charge in [0.25, 0.3) is 0 Å². The van der Waals surface area contributed by atoms with Crippen molar-refractivity contribution in [3.63, 3.8) is 0 Å². The van der Waals surface area contributed by atoms with Crippen molar-refractivity contribution in [2.24, 2.45) is 0 Å². The quantitative estimate of drug-likeness (QED) is 0.716. The van der Waals surface area contributed by atoms with E-state index in [1.54, 1.807) is 6.07 Å². The topological polar surface area (TPSA) is 40.5 Å². The zero-order valence-electron chi connectivity index (χ0n) is 12.4. The second kappa shape index (κ2) is 5.66. The van der Waals surface area contributed by atoms with Gasteiger partial charge in [-0.25, -0.2) is 0 Å². The predicted molar refractivity (Wildman–Crippen MR) is 87.8 cm³/mol. The third-order valence-corrected chi connectivity index (χ3v) is 4.01. The van der Waals surface area contributed by atoms with Crippen LogP contribution in [0.3, 0.4) is 0 Å². The molecule has 0 aliphatic rings. The number of aryl methyl sites for hydroxylation is 1. The molecular weight excluding hydrogens is 272 g/mol. The first-order valence-electron chi connectivity index (χ1n) is 7.26. The molecule has 0 spiro atoms. The van der Waals surface area contributed by atoms with E-state index in [2.05, 4.69) is 0 Å². The molecule has 3 rings (SSSR count). The van der Waals surface area contributed by atoms with Crippen LogP contribution < -0.4 is 0 Å². The summed E-state index contributed by atoms with van der Waals surface area (Å²) < 4.78 is 0. The molecule has 0 aliphatic carbocycles. The van der Waals surface area contributed by atoms with Gasteiger partial charge in [0.1, 0.15) is 11.4 Å². The summed E-state index contributed by atoms with van der Waals surface area (Å²) in [5.41, 5.74) is 1.67. The van der Waals surface area contributed by atoms with Crippen LogP contribution in [0.25, 0.3) is 0 Å². The van der Waals surface area contributed by atoms with E-state index in [-0.39, 0.29) is 5.75 Å². The van der Waals surface area contributed by atoms with Gasteiger partial charge in [-0.2, -0.15) is 0 Å². The lowest BCUT2D eigenvalue weighted by atomic mass is 9.80. The normalized spacial score (nSPS) is 11.4. The first-order valence-corrected chi connectivity index (χ1v) is 7.26. The number of aromatic hydroxyl groups is 1. The molecule has 0 aliphatic heterocycles. The predicted octanol–water partition coefficient (Wildman–Crippen LogP) is 3.98. The van der Waals surface area contributed by atoms with E-state index >= 15 is 0 Å². The Kier molecular flexibility index (Phi) is 3.70. The molecule has 0 fully saturated rings. The van der Waals surface area contributed by atoms with Crippen LogP contribution in [-0.4, -0.2) is 10.2 Å². The molecule has 3 aromatic rings. The molecule has 0 radical (unpaired) electrons. The van der Waals surface area contributed by atoms with Gasteiger partial charge in [-0.05, 0) is 35.2 Å². The molecule has 0 heterocycles. The van der Waals surface area contributed by atoms with Gasteiger partial charge in [0, 0.05) is 0 Å². The summed E-state index contributed by atoms with van der Waals surface area (Å²) in [6.45, 7) is 1.84. The van der Waals surface area contributed by atoms with Gasteiger partial charge in [-0.1, -0.05) is 72.8 Å². The zero-order chi connectivity index (χ0) is 15.6. The molecule has 0 aromatic heterocycles. The Morgan fingerprint density at radius 3 is 1.64 bits per heavy atom. The van der Waals surface area contributed by atoms with E-state index in [9.17, 15) is 10.2 Å². The Labute approximate surface area is 130 Å². The summed E-state index contributed by atoms with van der Waals surface area (Å²) in [6, 6.07) is 24.3. The molecule has 0 amide bonds. The Bertz CT molecular complexity index is 725. The van der Waals surface area contributed by atoms with Gasteiger partial charge < -0.3 is 10.2 Å². The van der Waals surface area contributed by atoms with Crippen molar-refractivity contribution in [2.45, 2.75) is 12.5 Å². The lowest BCUT2D eigenvalue weighted by Gasteiger charge is -2.30. The van der Waals surface area contributed by atoms with Crippen LogP contribution in [0, 0.1) is 6.92 Å². The van der Waals surface area contributed by atoms with Crippen molar-refractivity contribution in [3.8, 4) is 5.75 Å². The third kappa shape index (κ3) is 2.38. The van der Waals surface area contributed by atoms with Crippen LogP contribution in [0.4, 0.5) is 0 Å². The first kappa shape index (κ1) is 14.4. The average molecular weight is 290 g/mol. The molecule has 0 saturated carbocycles. The highest BCUT2D eigenvalue weighted by molar-refractivity contribution is 5.49. The van der Waals surface area contributed by atoms with Gasteiger partial charge in [0.05, 0.1) is 0 Å². The highest BCUT2D eigenvalue weighted by Crippen LogP contribution is 2.38. The van der Waals surface area contributed by atoms with Crippen LogP contribution in [-0.2, 0) is 5.60 Å². The van der Waals surface area contributed by atoms with Crippen molar-refractivity contribution in [3.05, 3.63) is 101 Å². The Morgan fingerprint density at radius 1 is 0.682 bits per heavy atom. The van der Waals surface area contributed by atoms with Gasteiger partial charge in [0.15, 0.2) is 0 Å². The van der Waals surface area contributed by atoms with Crippen LogP contribution in [0.15, 0.2) is 78.9 Å². The van der Waals surface area contributed by atoms with Crippen molar-refractivity contribution in [1.82, 2.24) is 0 Å². The third-order valence-electron chi connectivity index (χ3n) is 4.01. The molecule has 2 N–H and O–H groups in total. The number of benzene rings is 3. The van der Waals surface area contributed by atoms with Gasteiger partial charge in [-0.15, -0.1) is 0 Å². The fourth-order valence-electron chi connectivity index (χ4n) is 2.69. The van der Waals surface area contributed by atoms with Crippen molar-refractivity contribution < 1.29 is 10.2 Å². The molecule has 0 bridgehead atoms. The molecule has 3 aromatic carbocycles. The van der Waals surface area contributed by atoms with Crippen molar-refractivity contribution in [2.75, 3.05) is 0 Å². The fourth-order valence-corrected chi connectivity index (χ4v) is 2.69. The summed E-state index contributed by atoms with van der Waals surface area (Å²) in [5.74, 6) is 0.183. The number of rotatable bonds is 3. The largest absolute Gasteiger partial charge is 0.508 e. The zero-order valence-corrected chi connectivity index (χ0v) is 12.4. The summed E-state index contributed by atoms with van der Waals surface area (Å²) in [5, 5.41) is 21.6. The maximum atomic E-state index is 11.5. The van der Waals surface area contributed by atoms with E-state index in [4.69, 9.17) is 0 Å². The van der Waals surface area contributed by atoms with Crippen molar-refractivity contribution in [1.29, 1.82) is 0 Å². The molecule has 22 heavy (non-hydrogen) atoms. The molecule has 2 nitrogen and oxygen atoms in total. The summed E-state index contributed by atoms with van der Waals surface area (Å²) in [7, 11) is 0. The fraction of sp³-hybridized carbons (Fsp3) is 0.100. The molecule has 0 unspecified atom stereocenters. The van der Waals surface area contributed by atoms with Crippen LogP contribution in [0.2, 0.25) is 0 Å². The number of aliphatic hydroxyl groups is 1. The minimum atomic E-state index is -1.30. The molecular formula is C20H18O2. The second-order valence-electron chi connectivity index (χ2n) is 5.44. The Balaban J connectivity index is 2.26. The van der Waals surface area contributed by atoms with Gasteiger partial charge in [-0.3, -0.25) is 0 Å². The smallest absolute Gasteiger partial charge is 0.140 e. The van der Waals surface area contributed by atoms with E-state index in [1.165, 1.54) is 0 Å². The molecule has 0 atom stereocenters. The summed E-state index contributed by atoms with van der Waals surface area (Å²) in [6.07, 6.45) is 0. The summed E-state index contributed by atoms with van der Waals surface area (Å²) in [4.78, 5) is 0. The average Bonchev–Trinajstić information content (AvgIpc) is 2.58. The lowest BCUT2D eigenvalue weighted by Crippen LogP contribution is -2.28. The van der Waals surface area contributed by atoms with Gasteiger partial charge in [0.2, 0.25) is 0 Å². The number of hydrogen-bond acceptors (Lipinski definition) is 2. The molecule has 2 heteroatoms. The lowest BCUT2D eigenvalue weighted by molar-refractivity contribution is 0.125. The Morgan fingerprint density at radius 2 is 1.18 bits per heavy atom. The van der Waals surface area contributed by atoms with E-state index < -0.39 is 5.60 Å². The van der Waals surface area contributed by atoms with Crippen LogP contribution in [0.1, 0.15) is 22.3 Å². The van der Waals surface area contributed by atoms with Crippen LogP contribution >= 0.6 is 0 Å². The highest BCUT2D eigenvalue weighted by atomic mass is 16.3. The monoisotopic (exact) mass is 290 g/mol. The van der Waals surface area contributed by atoms with Crippen molar-refractivity contribution >= 4 is 0 Å². The summed E-state index contributed by atoms with van der Waals surface area (Å²) >= 11 is 0.